The van der Waals surface area contributed by atoms with Crippen molar-refractivity contribution in [3.63, 3.8) is 0 Å². The SMILES string of the molecule is COc1ccc(O)c(-c2nc(-c3ccccc3O)no2)c1. The summed E-state index contributed by atoms with van der Waals surface area (Å²) in [4.78, 5) is 4.19. The molecule has 1 heterocycles. The fourth-order valence-electron chi connectivity index (χ4n) is 1.92. The van der Waals surface area contributed by atoms with E-state index in [0.717, 1.165) is 0 Å². The van der Waals surface area contributed by atoms with Crippen LogP contribution in [-0.2, 0) is 0 Å². The Bertz CT molecular complexity index is 783. The van der Waals surface area contributed by atoms with E-state index < -0.39 is 0 Å². The lowest BCUT2D eigenvalue weighted by atomic mass is 10.1. The standard InChI is InChI=1S/C15H12N2O4/c1-20-9-6-7-13(19)11(8-9)15-16-14(17-21-15)10-4-2-3-5-12(10)18/h2-8,18-19H,1H3. The first-order valence-corrected chi connectivity index (χ1v) is 6.18. The molecular formula is C15H12N2O4. The van der Waals surface area contributed by atoms with Gasteiger partial charge in [-0.2, -0.15) is 4.98 Å². The van der Waals surface area contributed by atoms with Crippen LogP contribution >= 0.6 is 0 Å². The van der Waals surface area contributed by atoms with Crippen LogP contribution in [0.25, 0.3) is 22.8 Å². The lowest BCUT2D eigenvalue weighted by molar-refractivity contribution is 0.408. The summed E-state index contributed by atoms with van der Waals surface area (Å²) in [6.45, 7) is 0. The van der Waals surface area contributed by atoms with E-state index in [1.54, 1.807) is 30.3 Å². The van der Waals surface area contributed by atoms with Crippen LogP contribution < -0.4 is 4.74 Å². The Hall–Kier alpha value is -3.02. The first kappa shape index (κ1) is 13.0. The summed E-state index contributed by atoms with van der Waals surface area (Å²) in [6.07, 6.45) is 0. The Morgan fingerprint density at radius 2 is 1.76 bits per heavy atom. The molecule has 106 valence electrons. The Morgan fingerprint density at radius 1 is 1.00 bits per heavy atom. The third-order valence-corrected chi connectivity index (χ3v) is 3.01. The molecule has 0 spiro atoms. The van der Waals surface area contributed by atoms with Gasteiger partial charge in [0.25, 0.3) is 5.89 Å². The van der Waals surface area contributed by atoms with Gasteiger partial charge in [0.05, 0.1) is 18.2 Å². The minimum atomic E-state index is 0.00304. The number of para-hydroxylation sites is 1. The van der Waals surface area contributed by atoms with Crippen LogP contribution in [0.5, 0.6) is 17.2 Å². The zero-order valence-electron chi connectivity index (χ0n) is 11.1. The number of ether oxygens (including phenoxy) is 1. The first-order valence-electron chi connectivity index (χ1n) is 6.18. The van der Waals surface area contributed by atoms with Gasteiger partial charge in [-0.25, -0.2) is 0 Å². The second-order valence-corrected chi connectivity index (χ2v) is 4.32. The molecule has 0 aliphatic rings. The Morgan fingerprint density at radius 3 is 2.52 bits per heavy atom. The van der Waals surface area contributed by atoms with Gasteiger partial charge in [0, 0.05) is 0 Å². The minimum Gasteiger partial charge on any atom is -0.507 e. The number of nitrogens with zero attached hydrogens (tertiary/aromatic N) is 2. The monoisotopic (exact) mass is 284 g/mol. The summed E-state index contributed by atoms with van der Waals surface area (Å²) in [5, 5.41) is 23.5. The Kier molecular flexibility index (Phi) is 3.19. The van der Waals surface area contributed by atoms with Gasteiger partial charge >= 0.3 is 0 Å². The van der Waals surface area contributed by atoms with Crippen LogP contribution in [0.1, 0.15) is 0 Å². The molecule has 0 saturated carbocycles. The molecule has 0 fully saturated rings. The predicted octanol–water partition coefficient (Wildman–Crippen LogP) is 2.82. The quantitative estimate of drug-likeness (QED) is 0.768. The van der Waals surface area contributed by atoms with Gasteiger partial charge in [-0.05, 0) is 30.3 Å². The molecule has 21 heavy (non-hydrogen) atoms. The normalized spacial score (nSPS) is 10.5. The van der Waals surface area contributed by atoms with E-state index >= 15 is 0 Å². The fourth-order valence-corrected chi connectivity index (χ4v) is 1.92. The smallest absolute Gasteiger partial charge is 0.262 e. The number of hydrogen-bond donors (Lipinski definition) is 2. The van der Waals surface area contributed by atoms with Crippen molar-refractivity contribution >= 4 is 0 Å². The Labute approximate surface area is 120 Å². The number of hydrogen-bond acceptors (Lipinski definition) is 6. The zero-order valence-corrected chi connectivity index (χ0v) is 11.1. The molecule has 0 saturated heterocycles. The van der Waals surface area contributed by atoms with E-state index in [1.165, 1.54) is 19.2 Å². The molecule has 6 heteroatoms. The summed E-state index contributed by atoms with van der Waals surface area (Å²) in [7, 11) is 1.53. The maximum absolute atomic E-state index is 9.89. The van der Waals surface area contributed by atoms with Gasteiger partial charge in [-0.15, -0.1) is 0 Å². The van der Waals surface area contributed by atoms with Crippen molar-refractivity contribution in [2.45, 2.75) is 0 Å². The van der Waals surface area contributed by atoms with Crippen LogP contribution in [-0.4, -0.2) is 27.5 Å². The molecular weight excluding hydrogens is 272 g/mol. The molecule has 0 atom stereocenters. The molecule has 2 N–H and O–H groups in total. The van der Waals surface area contributed by atoms with Crippen LogP contribution in [0.4, 0.5) is 0 Å². The van der Waals surface area contributed by atoms with Gasteiger partial charge in [0.2, 0.25) is 5.82 Å². The predicted molar refractivity (Wildman–Crippen MR) is 75.1 cm³/mol. The van der Waals surface area contributed by atoms with Crippen molar-refractivity contribution in [1.29, 1.82) is 0 Å². The highest BCUT2D eigenvalue weighted by atomic mass is 16.5. The maximum atomic E-state index is 9.89. The third kappa shape index (κ3) is 2.38. The number of phenolic OH excluding ortho intramolecular Hbond substituents is 2. The van der Waals surface area contributed by atoms with Crippen LogP contribution in [0.2, 0.25) is 0 Å². The van der Waals surface area contributed by atoms with E-state index in [1.807, 2.05) is 0 Å². The van der Waals surface area contributed by atoms with Crippen molar-refractivity contribution in [3.8, 4) is 40.1 Å². The molecule has 6 nitrogen and oxygen atoms in total. The van der Waals surface area contributed by atoms with Crippen molar-refractivity contribution in [3.05, 3.63) is 42.5 Å². The number of phenols is 2. The molecule has 2 aromatic carbocycles. The summed E-state index contributed by atoms with van der Waals surface area (Å²) in [5.41, 5.74) is 0.818. The van der Waals surface area contributed by atoms with E-state index in [4.69, 9.17) is 9.26 Å². The maximum Gasteiger partial charge on any atom is 0.262 e. The molecule has 0 radical (unpaired) electrons. The number of aromatic nitrogens is 2. The molecule has 0 unspecified atom stereocenters. The third-order valence-electron chi connectivity index (χ3n) is 3.01. The highest BCUT2D eigenvalue weighted by molar-refractivity contribution is 5.68. The van der Waals surface area contributed by atoms with E-state index in [9.17, 15) is 10.2 Å². The summed E-state index contributed by atoms with van der Waals surface area (Å²) < 4.78 is 10.3. The van der Waals surface area contributed by atoms with Gasteiger partial charge in [-0.1, -0.05) is 17.3 Å². The first-order chi connectivity index (χ1) is 10.2. The van der Waals surface area contributed by atoms with Gasteiger partial charge in [-0.3, -0.25) is 0 Å². The minimum absolute atomic E-state index is 0.00304. The average molecular weight is 284 g/mol. The number of rotatable bonds is 3. The highest BCUT2D eigenvalue weighted by Gasteiger charge is 2.16. The molecule has 3 aromatic rings. The second-order valence-electron chi connectivity index (χ2n) is 4.32. The molecule has 0 bridgehead atoms. The number of benzene rings is 2. The Balaban J connectivity index is 2.05. The van der Waals surface area contributed by atoms with E-state index in [2.05, 4.69) is 10.1 Å². The van der Waals surface area contributed by atoms with Crippen LogP contribution in [0, 0.1) is 0 Å². The topological polar surface area (TPSA) is 88.6 Å². The lowest BCUT2D eigenvalue weighted by Crippen LogP contribution is -1.85. The molecule has 3 rings (SSSR count). The molecule has 0 aliphatic heterocycles. The lowest BCUT2D eigenvalue weighted by Gasteiger charge is -2.03. The highest BCUT2D eigenvalue weighted by Crippen LogP contribution is 2.34. The van der Waals surface area contributed by atoms with Crippen molar-refractivity contribution in [1.82, 2.24) is 10.1 Å². The van der Waals surface area contributed by atoms with Gasteiger partial charge in [0.1, 0.15) is 17.2 Å². The van der Waals surface area contributed by atoms with E-state index in [0.29, 0.717) is 16.9 Å². The fraction of sp³-hybridized carbons (Fsp3) is 0.0667. The number of methoxy groups -OCH3 is 1. The molecule has 0 aliphatic carbocycles. The molecule has 1 aromatic heterocycles. The second kappa shape index (κ2) is 5.16. The molecule has 0 amide bonds. The van der Waals surface area contributed by atoms with Crippen LogP contribution in [0.3, 0.4) is 0 Å². The van der Waals surface area contributed by atoms with Crippen molar-refractivity contribution < 1.29 is 19.5 Å². The average Bonchev–Trinajstić information content (AvgIpc) is 2.97. The van der Waals surface area contributed by atoms with Gasteiger partial charge < -0.3 is 19.5 Å². The number of aromatic hydroxyl groups is 2. The summed E-state index contributed by atoms with van der Waals surface area (Å²) in [6, 6.07) is 11.4. The summed E-state index contributed by atoms with van der Waals surface area (Å²) >= 11 is 0. The summed E-state index contributed by atoms with van der Waals surface area (Å²) in [5.74, 6) is 1.00. The van der Waals surface area contributed by atoms with Crippen molar-refractivity contribution in [2.75, 3.05) is 7.11 Å². The zero-order chi connectivity index (χ0) is 14.8. The van der Waals surface area contributed by atoms with Crippen molar-refractivity contribution in [2.24, 2.45) is 0 Å². The largest absolute Gasteiger partial charge is 0.507 e. The van der Waals surface area contributed by atoms with Gasteiger partial charge in [0.15, 0.2) is 0 Å². The van der Waals surface area contributed by atoms with Crippen LogP contribution in [0.15, 0.2) is 47.0 Å². The van der Waals surface area contributed by atoms with E-state index in [-0.39, 0.29) is 23.2 Å².